The zero-order valence-electron chi connectivity index (χ0n) is 11.8. The number of amides is 1. The summed E-state index contributed by atoms with van der Waals surface area (Å²) in [5, 5.41) is 0. The molecule has 0 fully saturated rings. The summed E-state index contributed by atoms with van der Waals surface area (Å²) in [5.74, 6) is 0.187. The van der Waals surface area contributed by atoms with Gasteiger partial charge in [-0.3, -0.25) is 4.79 Å². The zero-order valence-corrected chi connectivity index (χ0v) is 11.8. The van der Waals surface area contributed by atoms with Gasteiger partial charge in [-0.1, -0.05) is 20.8 Å². The van der Waals surface area contributed by atoms with Crippen molar-refractivity contribution in [2.75, 3.05) is 13.6 Å². The van der Waals surface area contributed by atoms with Crippen molar-refractivity contribution in [3.63, 3.8) is 0 Å². The smallest absolute Gasteiger partial charge is 0.230 e. The van der Waals surface area contributed by atoms with Crippen LogP contribution in [0.15, 0.2) is 0 Å². The highest BCUT2D eigenvalue weighted by atomic mass is 16.2. The second kappa shape index (κ2) is 5.67. The van der Waals surface area contributed by atoms with Gasteiger partial charge in [-0.15, -0.1) is 0 Å². The fraction of sp³-hybridized carbons (Fsp3) is 0.923. The van der Waals surface area contributed by atoms with Crippen LogP contribution in [-0.2, 0) is 4.79 Å². The van der Waals surface area contributed by atoms with Gasteiger partial charge in [0.1, 0.15) is 0 Å². The van der Waals surface area contributed by atoms with Gasteiger partial charge in [0, 0.05) is 19.1 Å². The molecule has 0 bridgehead atoms. The van der Waals surface area contributed by atoms with Crippen LogP contribution in [0.5, 0.6) is 0 Å². The van der Waals surface area contributed by atoms with E-state index in [0.717, 1.165) is 19.3 Å². The van der Waals surface area contributed by atoms with E-state index < -0.39 is 0 Å². The van der Waals surface area contributed by atoms with E-state index in [1.54, 1.807) is 0 Å². The average Bonchev–Trinajstić information content (AvgIpc) is 2.30. The van der Waals surface area contributed by atoms with Gasteiger partial charge in [-0.25, -0.2) is 0 Å². The molecular weight excluding hydrogens is 200 g/mol. The number of nitrogens with two attached hydrogens (primary N) is 1. The lowest BCUT2D eigenvalue weighted by molar-refractivity contribution is -0.146. The number of hydrogen-bond acceptors (Lipinski definition) is 2. The molecule has 0 aliphatic carbocycles. The maximum atomic E-state index is 12.5. The van der Waals surface area contributed by atoms with E-state index in [1.807, 2.05) is 25.8 Å². The highest BCUT2D eigenvalue weighted by Gasteiger charge is 2.39. The third-order valence-electron chi connectivity index (χ3n) is 4.28. The van der Waals surface area contributed by atoms with Gasteiger partial charge in [0.05, 0.1) is 5.41 Å². The lowest BCUT2D eigenvalue weighted by atomic mass is 9.80. The van der Waals surface area contributed by atoms with Crippen molar-refractivity contribution >= 4 is 5.91 Å². The third kappa shape index (κ3) is 2.76. The van der Waals surface area contributed by atoms with Crippen LogP contribution in [0.3, 0.4) is 0 Å². The maximum absolute atomic E-state index is 12.5. The van der Waals surface area contributed by atoms with E-state index in [1.165, 1.54) is 0 Å². The molecule has 0 saturated heterocycles. The molecule has 0 heterocycles. The number of nitrogens with zero attached hydrogens (tertiary/aromatic N) is 1. The molecule has 1 amide bonds. The van der Waals surface area contributed by atoms with Gasteiger partial charge in [0.15, 0.2) is 0 Å². The molecule has 16 heavy (non-hydrogen) atoms. The second-order valence-corrected chi connectivity index (χ2v) is 5.22. The Morgan fingerprint density at radius 3 is 1.81 bits per heavy atom. The van der Waals surface area contributed by atoms with Crippen molar-refractivity contribution in [3.05, 3.63) is 0 Å². The van der Waals surface area contributed by atoms with Crippen LogP contribution < -0.4 is 5.73 Å². The first kappa shape index (κ1) is 15.4. The summed E-state index contributed by atoms with van der Waals surface area (Å²) in [6.45, 7) is 10.8. The van der Waals surface area contributed by atoms with Crippen LogP contribution in [0.2, 0.25) is 0 Å². The molecule has 0 aliphatic heterocycles. The largest absolute Gasteiger partial charge is 0.340 e. The number of hydrogen-bond donors (Lipinski definition) is 1. The Bertz CT molecular complexity index is 224. The van der Waals surface area contributed by atoms with Crippen molar-refractivity contribution in [3.8, 4) is 0 Å². The van der Waals surface area contributed by atoms with E-state index >= 15 is 0 Å². The minimum Gasteiger partial charge on any atom is -0.340 e. The molecule has 0 aromatic rings. The van der Waals surface area contributed by atoms with Crippen LogP contribution in [0.1, 0.15) is 53.9 Å². The molecule has 0 aliphatic rings. The Morgan fingerprint density at radius 2 is 1.56 bits per heavy atom. The summed E-state index contributed by atoms with van der Waals surface area (Å²) < 4.78 is 0. The Labute approximate surface area is 100 Å². The van der Waals surface area contributed by atoms with Gasteiger partial charge in [0.25, 0.3) is 0 Å². The first-order valence-electron chi connectivity index (χ1n) is 6.29. The predicted molar refractivity (Wildman–Crippen MR) is 69.2 cm³/mol. The number of carbonyl (C=O) groups excluding carboxylic acids is 1. The molecule has 0 unspecified atom stereocenters. The van der Waals surface area contributed by atoms with Crippen molar-refractivity contribution in [1.82, 2.24) is 4.90 Å². The van der Waals surface area contributed by atoms with Crippen LogP contribution in [0.25, 0.3) is 0 Å². The first-order valence-corrected chi connectivity index (χ1v) is 6.29. The van der Waals surface area contributed by atoms with Crippen LogP contribution in [0, 0.1) is 5.41 Å². The van der Waals surface area contributed by atoms with Crippen LogP contribution in [0.4, 0.5) is 0 Å². The fourth-order valence-corrected chi connectivity index (χ4v) is 1.80. The lowest BCUT2D eigenvalue weighted by Crippen LogP contribution is -2.53. The summed E-state index contributed by atoms with van der Waals surface area (Å²) in [6.07, 6.45) is 2.56. The number of rotatable bonds is 6. The topological polar surface area (TPSA) is 46.3 Å². The van der Waals surface area contributed by atoms with E-state index in [2.05, 4.69) is 20.8 Å². The SMILES string of the molecule is CCC(CC)(CN)C(=O)N(C)C(C)(C)CC. The Kier molecular flexibility index (Phi) is 5.47. The van der Waals surface area contributed by atoms with Crippen LogP contribution >= 0.6 is 0 Å². The van der Waals surface area contributed by atoms with Gasteiger partial charge in [0.2, 0.25) is 5.91 Å². The predicted octanol–water partition coefficient (Wildman–Crippen LogP) is 2.40. The zero-order chi connectivity index (χ0) is 13.0. The van der Waals surface area contributed by atoms with Crippen LogP contribution in [-0.4, -0.2) is 29.9 Å². The molecule has 2 N–H and O–H groups in total. The quantitative estimate of drug-likeness (QED) is 0.759. The van der Waals surface area contributed by atoms with Crippen molar-refractivity contribution < 1.29 is 4.79 Å². The molecular formula is C13H28N2O. The fourth-order valence-electron chi connectivity index (χ4n) is 1.80. The summed E-state index contributed by atoms with van der Waals surface area (Å²) in [7, 11) is 1.89. The highest BCUT2D eigenvalue weighted by molar-refractivity contribution is 5.83. The second-order valence-electron chi connectivity index (χ2n) is 5.22. The molecule has 3 nitrogen and oxygen atoms in total. The highest BCUT2D eigenvalue weighted by Crippen LogP contribution is 2.30. The summed E-state index contributed by atoms with van der Waals surface area (Å²) in [6, 6.07) is 0. The third-order valence-corrected chi connectivity index (χ3v) is 4.28. The first-order chi connectivity index (χ1) is 7.31. The molecule has 96 valence electrons. The normalized spacial score (nSPS) is 12.7. The Morgan fingerprint density at radius 1 is 1.12 bits per heavy atom. The molecule has 0 atom stereocenters. The van der Waals surface area contributed by atoms with Crippen molar-refractivity contribution in [2.45, 2.75) is 59.4 Å². The standard InChI is InChI=1S/C13H28N2O/c1-7-12(4,5)15(6)11(16)13(8-2,9-3)10-14/h7-10,14H2,1-6H3. The van der Waals surface area contributed by atoms with E-state index in [9.17, 15) is 4.79 Å². The molecule has 3 heteroatoms. The van der Waals surface area contributed by atoms with Gasteiger partial charge in [-0.2, -0.15) is 0 Å². The summed E-state index contributed by atoms with van der Waals surface area (Å²) >= 11 is 0. The Balaban J connectivity index is 5.03. The molecule has 0 spiro atoms. The lowest BCUT2D eigenvalue weighted by Gasteiger charge is -2.41. The average molecular weight is 228 g/mol. The minimum atomic E-state index is -0.374. The van der Waals surface area contributed by atoms with Gasteiger partial charge < -0.3 is 10.6 Å². The van der Waals surface area contributed by atoms with Crippen molar-refractivity contribution in [1.29, 1.82) is 0 Å². The Hall–Kier alpha value is -0.570. The maximum Gasteiger partial charge on any atom is 0.230 e. The van der Waals surface area contributed by atoms with E-state index in [4.69, 9.17) is 5.73 Å². The molecule has 0 radical (unpaired) electrons. The monoisotopic (exact) mass is 228 g/mol. The minimum absolute atomic E-state index is 0.0954. The van der Waals surface area contributed by atoms with Gasteiger partial charge in [-0.05, 0) is 33.1 Å². The van der Waals surface area contributed by atoms with Gasteiger partial charge >= 0.3 is 0 Å². The number of carbonyl (C=O) groups is 1. The summed E-state index contributed by atoms with van der Waals surface area (Å²) in [4.78, 5) is 14.4. The molecule has 0 saturated carbocycles. The van der Waals surface area contributed by atoms with Crippen molar-refractivity contribution in [2.24, 2.45) is 11.1 Å². The molecule has 0 rings (SSSR count). The van der Waals surface area contributed by atoms with E-state index in [0.29, 0.717) is 6.54 Å². The molecule has 0 aromatic carbocycles. The van der Waals surface area contributed by atoms with E-state index in [-0.39, 0.29) is 16.9 Å². The molecule has 0 aromatic heterocycles. The summed E-state index contributed by atoms with van der Waals surface area (Å²) in [5.41, 5.74) is 5.34.